The minimum absolute atomic E-state index is 0.422. The summed E-state index contributed by atoms with van der Waals surface area (Å²) in [6.45, 7) is 4.42. The summed E-state index contributed by atoms with van der Waals surface area (Å²) in [5.74, 6) is 0.514. The van der Waals surface area contributed by atoms with Crippen LogP contribution in [0.2, 0.25) is 10.0 Å². The Morgan fingerprint density at radius 2 is 1.81 bits per heavy atom. The molecule has 1 fully saturated rings. The van der Waals surface area contributed by atoms with Gasteiger partial charge in [0.05, 0.1) is 5.41 Å². The molecular formula is C17H22Cl2O2. The third-order valence-corrected chi connectivity index (χ3v) is 5.67. The fraction of sp³-hybridized carbons (Fsp3) is 0.588. The van der Waals surface area contributed by atoms with Crippen molar-refractivity contribution in [2.45, 2.75) is 46.0 Å². The van der Waals surface area contributed by atoms with Gasteiger partial charge in [0.1, 0.15) is 0 Å². The molecular weight excluding hydrogens is 307 g/mol. The predicted molar refractivity (Wildman–Crippen MR) is 87.0 cm³/mol. The minimum Gasteiger partial charge on any atom is -0.481 e. The fourth-order valence-corrected chi connectivity index (χ4v) is 3.90. The lowest BCUT2D eigenvalue weighted by Gasteiger charge is -2.38. The van der Waals surface area contributed by atoms with Crippen LogP contribution in [-0.2, 0) is 11.2 Å². The quantitative estimate of drug-likeness (QED) is 0.797. The Labute approximate surface area is 136 Å². The molecule has 0 heterocycles. The maximum absolute atomic E-state index is 11.9. The highest BCUT2D eigenvalue weighted by molar-refractivity contribution is 6.36. The first-order chi connectivity index (χ1) is 9.85. The van der Waals surface area contributed by atoms with Gasteiger partial charge in [-0.25, -0.2) is 0 Å². The first-order valence-electron chi connectivity index (χ1n) is 7.52. The number of carboxylic acids is 1. The minimum atomic E-state index is -0.722. The van der Waals surface area contributed by atoms with Crippen molar-refractivity contribution in [1.29, 1.82) is 0 Å². The summed E-state index contributed by atoms with van der Waals surface area (Å²) in [7, 11) is 0. The molecule has 0 spiro atoms. The molecule has 1 aromatic rings. The Morgan fingerprint density at radius 3 is 2.24 bits per heavy atom. The second-order valence-electron chi connectivity index (χ2n) is 6.54. The SMILES string of the molecule is CC(C)C1CCC(Cc2c(Cl)cccc2Cl)(C(=O)O)CC1. The predicted octanol–water partition coefficient (Wildman–Crippen LogP) is 5.45. The number of halogens is 2. The maximum Gasteiger partial charge on any atom is 0.309 e. The van der Waals surface area contributed by atoms with Crippen LogP contribution in [0.4, 0.5) is 0 Å². The molecule has 0 radical (unpaired) electrons. The summed E-state index contributed by atoms with van der Waals surface area (Å²) in [5, 5.41) is 10.9. The van der Waals surface area contributed by atoms with Crippen LogP contribution in [0.25, 0.3) is 0 Å². The van der Waals surface area contributed by atoms with E-state index in [4.69, 9.17) is 23.2 Å². The lowest BCUT2D eigenvalue weighted by atomic mass is 9.65. The Hall–Kier alpha value is -0.730. The summed E-state index contributed by atoms with van der Waals surface area (Å²) in [6, 6.07) is 5.34. The van der Waals surface area contributed by atoms with Crippen molar-refractivity contribution in [2.75, 3.05) is 0 Å². The van der Waals surface area contributed by atoms with Gasteiger partial charge in [-0.15, -0.1) is 0 Å². The fourth-order valence-electron chi connectivity index (χ4n) is 3.37. The molecule has 1 aliphatic rings. The number of benzene rings is 1. The molecule has 2 rings (SSSR count). The standard InChI is InChI=1S/C17H22Cl2O2/c1-11(2)12-6-8-17(9-7-12,16(20)21)10-13-14(18)4-3-5-15(13)19/h3-5,11-12H,6-10H2,1-2H3,(H,20,21). The van der Waals surface area contributed by atoms with Crippen molar-refractivity contribution in [3.05, 3.63) is 33.8 Å². The van der Waals surface area contributed by atoms with E-state index >= 15 is 0 Å². The maximum atomic E-state index is 11.9. The van der Waals surface area contributed by atoms with Crippen LogP contribution in [-0.4, -0.2) is 11.1 Å². The van der Waals surface area contributed by atoms with Crippen LogP contribution in [0.15, 0.2) is 18.2 Å². The van der Waals surface area contributed by atoms with Crippen LogP contribution in [0.5, 0.6) is 0 Å². The lowest BCUT2D eigenvalue weighted by molar-refractivity contribution is -0.151. The third-order valence-electron chi connectivity index (χ3n) is 4.96. The second kappa shape index (κ2) is 6.58. The van der Waals surface area contributed by atoms with Crippen molar-refractivity contribution in [3.63, 3.8) is 0 Å². The van der Waals surface area contributed by atoms with E-state index in [1.165, 1.54) is 0 Å². The van der Waals surface area contributed by atoms with Gasteiger partial charge in [0, 0.05) is 10.0 Å². The van der Waals surface area contributed by atoms with Gasteiger partial charge in [0.15, 0.2) is 0 Å². The Balaban J connectivity index is 2.23. The molecule has 4 heteroatoms. The topological polar surface area (TPSA) is 37.3 Å². The molecule has 1 aromatic carbocycles. The van der Waals surface area contributed by atoms with Crippen LogP contribution in [0.1, 0.15) is 45.1 Å². The van der Waals surface area contributed by atoms with E-state index in [0.29, 0.717) is 41.1 Å². The number of aliphatic carboxylic acids is 1. The molecule has 0 atom stereocenters. The molecule has 0 aromatic heterocycles. The zero-order chi connectivity index (χ0) is 15.6. The number of rotatable bonds is 4. The molecule has 2 nitrogen and oxygen atoms in total. The smallest absolute Gasteiger partial charge is 0.309 e. The van der Waals surface area contributed by atoms with E-state index in [2.05, 4.69) is 13.8 Å². The normalized spacial score (nSPS) is 26.0. The lowest BCUT2D eigenvalue weighted by Crippen LogP contribution is -2.38. The van der Waals surface area contributed by atoms with E-state index in [-0.39, 0.29) is 0 Å². The second-order valence-corrected chi connectivity index (χ2v) is 7.36. The van der Waals surface area contributed by atoms with Gasteiger partial charge >= 0.3 is 5.97 Å². The Morgan fingerprint density at radius 1 is 1.29 bits per heavy atom. The highest BCUT2D eigenvalue weighted by Crippen LogP contribution is 2.45. The van der Waals surface area contributed by atoms with Gasteiger partial charge in [-0.1, -0.05) is 43.1 Å². The zero-order valence-corrected chi connectivity index (χ0v) is 14.0. The van der Waals surface area contributed by atoms with Crippen molar-refractivity contribution in [2.24, 2.45) is 17.3 Å². The molecule has 1 aliphatic carbocycles. The van der Waals surface area contributed by atoms with E-state index in [0.717, 1.165) is 18.4 Å². The average molecular weight is 329 g/mol. The van der Waals surface area contributed by atoms with Crippen LogP contribution >= 0.6 is 23.2 Å². The monoisotopic (exact) mass is 328 g/mol. The van der Waals surface area contributed by atoms with Crippen LogP contribution in [0, 0.1) is 17.3 Å². The average Bonchev–Trinajstić information content (AvgIpc) is 2.43. The van der Waals surface area contributed by atoms with E-state index < -0.39 is 11.4 Å². The first kappa shape index (κ1) is 16.6. The van der Waals surface area contributed by atoms with Gasteiger partial charge in [0.25, 0.3) is 0 Å². The van der Waals surface area contributed by atoms with Crippen molar-refractivity contribution in [3.8, 4) is 0 Å². The Kier molecular flexibility index (Phi) is 5.21. The molecule has 21 heavy (non-hydrogen) atoms. The molecule has 0 unspecified atom stereocenters. The first-order valence-corrected chi connectivity index (χ1v) is 8.27. The molecule has 1 N–H and O–H groups in total. The van der Waals surface area contributed by atoms with Gasteiger partial charge in [-0.2, -0.15) is 0 Å². The molecule has 0 bridgehead atoms. The number of carboxylic acid groups (broad SMARTS) is 1. The van der Waals surface area contributed by atoms with Crippen molar-refractivity contribution >= 4 is 29.2 Å². The molecule has 116 valence electrons. The molecule has 0 amide bonds. The third kappa shape index (κ3) is 3.54. The van der Waals surface area contributed by atoms with Gasteiger partial charge in [-0.3, -0.25) is 4.79 Å². The van der Waals surface area contributed by atoms with Gasteiger partial charge < -0.3 is 5.11 Å². The summed E-state index contributed by atoms with van der Waals surface area (Å²) in [5.41, 5.74) is 0.0475. The number of hydrogen-bond acceptors (Lipinski definition) is 1. The van der Waals surface area contributed by atoms with Crippen LogP contribution in [0.3, 0.4) is 0 Å². The number of hydrogen-bond donors (Lipinski definition) is 1. The van der Waals surface area contributed by atoms with Crippen molar-refractivity contribution in [1.82, 2.24) is 0 Å². The van der Waals surface area contributed by atoms with E-state index in [1.54, 1.807) is 18.2 Å². The molecule has 1 saturated carbocycles. The highest BCUT2D eigenvalue weighted by atomic mass is 35.5. The van der Waals surface area contributed by atoms with E-state index in [1.807, 2.05) is 0 Å². The molecule has 0 saturated heterocycles. The summed E-state index contributed by atoms with van der Waals surface area (Å²) >= 11 is 12.4. The highest BCUT2D eigenvalue weighted by Gasteiger charge is 2.43. The summed E-state index contributed by atoms with van der Waals surface area (Å²) in [4.78, 5) is 11.9. The summed E-state index contributed by atoms with van der Waals surface area (Å²) < 4.78 is 0. The van der Waals surface area contributed by atoms with Crippen LogP contribution < -0.4 is 0 Å². The largest absolute Gasteiger partial charge is 0.481 e. The van der Waals surface area contributed by atoms with Gasteiger partial charge in [-0.05, 0) is 61.6 Å². The molecule has 0 aliphatic heterocycles. The Bertz CT molecular complexity index is 497. The van der Waals surface area contributed by atoms with E-state index in [9.17, 15) is 9.90 Å². The summed E-state index contributed by atoms with van der Waals surface area (Å²) in [6.07, 6.45) is 3.75. The zero-order valence-electron chi connectivity index (χ0n) is 12.5. The van der Waals surface area contributed by atoms with Crippen molar-refractivity contribution < 1.29 is 9.90 Å². The van der Waals surface area contributed by atoms with Gasteiger partial charge in [0.2, 0.25) is 0 Å². The number of carbonyl (C=O) groups is 1.